The van der Waals surface area contributed by atoms with Gasteiger partial charge >= 0.3 is 0 Å². The summed E-state index contributed by atoms with van der Waals surface area (Å²) in [6.07, 6.45) is 1.12. The number of rotatable bonds is 6. The average Bonchev–Trinajstić information content (AvgIpc) is 2.54. The van der Waals surface area contributed by atoms with Crippen molar-refractivity contribution in [3.05, 3.63) is 0 Å². The molecule has 7 nitrogen and oxygen atoms in total. The molecule has 0 aromatic carbocycles. The van der Waals surface area contributed by atoms with Gasteiger partial charge in [-0.05, 0) is 12.8 Å². The first-order valence-electron chi connectivity index (χ1n) is 7.67. The van der Waals surface area contributed by atoms with E-state index in [2.05, 4.69) is 51.3 Å². The fourth-order valence-electron chi connectivity index (χ4n) is 2.15. The van der Waals surface area contributed by atoms with Crippen molar-refractivity contribution in [1.82, 2.24) is 15.0 Å². The van der Waals surface area contributed by atoms with Crippen LogP contribution < -0.4 is 15.5 Å². The Morgan fingerprint density at radius 2 is 1.81 bits per heavy atom. The standard InChI is InChI=1S/C14H26N6O/c1-5-10(2)11(3)16-13-17-12(15-4)18-14(19-13)20-6-8-21-9-7-20/h10-11H,5-9H2,1-4H3,(H2,15,16,17,18,19). The minimum absolute atomic E-state index is 0.319. The summed E-state index contributed by atoms with van der Waals surface area (Å²) >= 11 is 0. The van der Waals surface area contributed by atoms with Gasteiger partial charge in [-0.25, -0.2) is 0 Å². The molecule has 1 fully saturated rings. The van der Waals surface area contributed by atoms with E-state index in [9.17, 15) is 0 Å². The summed E-state index contributed by atoms with van der Waals surface area (Å²) < 4.78 is 5.37. The molecule has 0 aliphatic carbocycles. The Morgan fingerprint density at radius 3 is 2.43 bits per heavy atom. The lowest BCUT2D eigenvalue weighted by atomic mass is 10.0. The van der Waals surface area contributed by atoms with E-state index in [1.54, 1.807) is 0 Å². The first kappa shape index (κ1) is 15.8. The first-order chi connectivity index (χ1) is 10.1. The smallest absolute Gasteiger partial charge is 0.232 e. The molecule has 0 amide bonds. The molecule has 1 aliphatic heterocycles. The second-order valence-corrected chi connectivity index (χ2v) is 5.45. The molecule has 2 N–H and O–H groups in total. The molecule has 1 saturated heterocycles. The summed E-state index contributed by atoms with van der Waals surface area (Å²) in [6, 6.07) is 0.319. The van der Waals surface area contributed by atoms with Crippen LogP contribution in [0.1, 0.15) is 27.2 Å². The van der Waals surface area contributed by atoms with Crippen LogP contribution in [-0.4, -0.2) is 54.3 Å². The van der Waals surface area contributed by atoms with Crippen LogP contribution in [0, 0.1) is 5.92 Å². The third kappa shape index (κ3) is 4.17. The van der Waals surface area contributed by atoms with E-state index in [1.165, 1.54) is 0 Å². The topological polar surface area (TPSA) is 75.2 Å². The zero-order valence-corrected chi connectivity index (χ0v) is 13.4. The third-order valence-corrected chi connectivity index (χ3v) is 4.00. The second-order valence-electron chi connectivity index (χ2n) is 5.45. The van der Waals surface area contributed by atoms with Crippen molar-refractivity contribution in [2.75, 3.05) is 48.9 Å². The summed E-state index contributed by atoms with van der Waals surface area (Å²) in [4.78, 5) is 15.5. The van der Waals surface area contributed by atoms with Gasteiger partial charge in [0.2, 0.25) is 17.8 Å². The number of nitrogens with zero attached hydrogens (tertiary/aromatic N) is 4. The van der Waals surface area contributed by atoms with Crippen molar-refractivity contribution >= 4 is 17.8 Å². The summed E-state index contributed by atoms with van der Waals surface area (Å²) in [5.41, 5.74) is 0. The van der Waals surface area contributed by atoms with E-state index >= 15 is 0 Å². The highest BCUT2D eigenvalue weighted by Crippen LogP contribution is 2.17. The number of hydrogen-bond acceptors (Lipinski definition) is 7. The fourth-order valence-corrected chi connectivity index (χ4v) is 2.15. The molecule has 2 heterocycles. The molecule has 1 aromatic rings. The zero-order chi connectivity index (χ0) is 15.2. The van der Waals surface area contributed by atoms with Crippen LogP contribution in [0.5, 0.6) is 0 Å². The number of aromatic nitrogens is 3. The van der Waals surface area contributed by atoms with Gasteiger partial charge in [0.15, 0.2) is 0 Å². The molecule has 0 saturated carbocycles. The highest BCUT2D eigenvalue weighted by molar-refractivity contribution is 5.44. The summed E-state index contributed by atoms with van der Waals surface area (Å²) in [5.74, 6) is 2.48. The number of anilines is 3. The third-order valence-electron chi connectivity index (χ3n) is 4.00. The minimum atomic E-state index is 0.319. The molecular formula is C14H26N6O. The number of morpholine rings is 1. The number of nitrogens with one attached hydrogen (secondary N) is 2. The lowest BCUT2D eigenvalue weighted by molar-refractivity contribution is 0.122. The molecule has 0 radical (unpaired) electrons. The Morgan fingerprint density at radius 1 is 1.14 bits per heavy atom. The van der Waals surface area contributed by atoms with Crippen molar-refractivity contribution in [2.24, 2.45) is 5.92 Å². The number of hydrogen-bond donors (Lipinski definition) is 2. The van der Waals surface area contributed by atoms with Gasteiger partial charge in [0.25, 0.3) is 0 Å². The van der Waals surface area contributed by atoms with Crippen molar-refractivity contribution in [2.45, 2.75) is 33.2 Å². The van der Waals surface area contributed by atoms with Gasteiger partial charge in [0.1, 0.15) is 0 Å². The molecule has 0 bridgehead atoms. The van der Waals surface area contributed by atoms with E-state index in [1.807, 2.05) is 7.05 Å². The predicted molar refractivity (Wildman–Crippen MR) is 84.9 cm³/mol. The largest absolute Gasteiger partial charge is 0.378 e. The van der Waals surface area contributed by atoms with E-state index in [0.717, 1.165) is 19.5 Å². The molecular weight excluding hydrogens is 268 g/mol. The molecule has 2 rings (SSSR count). The average molecular weight is 294 g/mol. The fraction of sp³-hybridized carbons (Fsp3) is 0.786. The van der Waals surface area contributed by atoms with Crippen molar-refractivity contribution in [3.8, 4) is 0 Å². The minimum Gasteiger partial charge on any atom is -0.378 e. The van der Waals surface area contributed by atoms with Crippen molar-refractivity contribution in [3.63, 3.8) is 0 Å². The Balaban J connectivity index is 2.16. The van der Waals surface area contributed by atoms with Crippen LogP contribution in [-0.2, 0) is 4.74 Å². The van der Waals surface area contributed by atoms with Gasteiger partial charge in [-0.3, -0.25) is 0 Å². The number of ether oxygens (including phenoxy) is 1. The van der Waals surface area contributed by atoms with Gasteiger partial charge in [-0.15, -0.1) is 0 Å². The zero-order valence-electron chi connectivity index (χ0n) is 13.4. The predicted octanol–water partition coefficient (Wildman–Crippen LogP) is 1.60. The van der Waals surface area contributed by atoms with Crippen molar-refractivity contribution in [1.29, 1.82) is 0 Å². The Bertz CT molecular complexity index is 449. The highest BCUT2D eigenvalue weighted by atomic mass is 16.5. The Labute approximate surface area is 126 Å². The highest BCUT2D eigenvalue weighted by Gasteiger charge is 2.18. The molecule has 21 heavy (non-hydrogen) atoms. The molecule has 0 spiro atoms. The molecule has 1 aliphatic rings. The molecule has 118 valence electrons. The monoisotopic (exact) mass is 294 g/mol. The second kappa shape index (κ2) is 7.40. The van der Waals surface area contributed by atoms with Gasteiger partial charge in [0.05, 0.1) is 13.2 Å². The molecule has 1 aromatic heterocycles. The van der Waals surface area contributed by atoms with Gasteiger partial charge in [-0.2, -0.15) is 15.0 Å². The van der Waals surface area contributed by atoms with Gasteiger partial charge < -0.3 is 20.3 Å². The van der Waals surface area contributed by atoms with Crippen LogP contribution in [0.4, 0.5) is 17.8 Å². The lowest BCUT2D eigenvalue weighted by Crippen LogP contribution is -2.37. The van der Waals surface area contributed by atoms with Crippen LogP contribution in [0.2, 0.25) is 0 Å². The molecule has 2 atom stereocenters. The summed E-state index contributed by atoms with van der Waals surface area (Å²) in [5, 5.41) is 6.39. The maximum absolute atomic E-state index is 5.37. The Hall–Kier alpha value is -1.63. The van der Waals surface area contributed by atoms with Crippen molar-refractivity contribution < 1.29 is 4.74 Å². The van der Waals surface area contributed by atoms with Crippen LogP contribution in [0.3, 0.4) is 0 Å². The molecule has 2 unspecified atom stereocenters. The van der Waals surface area contributed by atoms with E-state index < -0.39 is 0 Å². The first-order valence-corrected chi connectivity index (χ1v) is 7.67. The van der Waals surface area contributed by atoms with E-state index in [-0.39, 0.29) is 0 Å². The lowest BCUT2D eigenvalue weighted by Gasteiger charge is -2.27. The normalized spacial score (nSPS) is 18.2. The van der Waals surface area contributed by atoms with Gasteiger partial charge in [-0.1, -0.05) is 20.3 Å². The Kier molecular flexibility index (Phi) is 5.55. The maximum atomic E-state index is 5.37. The van der Waals surface area contributed by atoms with E-state index in [4.69, 9.17) is 4.74 Å². The molecule has 7 heteroatoms. The van der Waals surface area contributed by atoms with E-state index in [0.29, 0.717) is 43.0 Å². The SMILES string of the molecule is CCC(C)C(C)Nc1nc(NC)nc(N2CCOCC2)n1. The van der Waals surface area contributed by atoms with Crippen LogP contribution in [0.25, 0.3) is 0 Å². The van der Waals surface area contributed by atoms with Gasteiger partial charge in [0, 0.05) is 26.2 Å². The summed E-state index contributed by atoms with van der Waals surface area (Å²) in [7, 11) is 1.82. The van der Waals surface area contributed by atoms with Crippen LogP contribution in [0.15, 0.2) is 0 Å². The quantitative estimate of drug-likeness (QED) is 0.825. The summed E-state index contributed by atoms with van der Waals surface area (Å²) in [6.45, 7) is 9.63. The maximum Gasteiger partial charge on any atom is 0.232 e. The van der Waals surface area contributed by atoms with Crippen LogP contribution >= 0.6 is 0 Å².